The van der Waals surface area contributed by atoms with Gasteiger partial charge in [0.1, 0.15) is 11.3 Å². The zero-order valence-electron chi connectivity index (χ0n) is 18.5. The molecule has 0 spiro atoms. The third kappa shape index (κ3) is 4.89. The van der Waals surface area contributed by atoms with Gasteiger partial charge in [0.2, 0.25) is 5.88 Å². The molecule has 0 bridgehead atoms. The molecule has 0 atom stereocenters. The highest BCUT2D eigenvalue weighted by Crippen LogP contribution is 2.41. The van der Waals surface area contributed by atoms with Gasteiger partial charge in [-0.05, 0) is 48.0 Å². The Morgan fingerprint density at radius 1 is 1.08 bits per heavy atom. The van der Waals surface area contributed by atoms with E-state index >= 15 is 0 Å². The van der Waals surface area contributed by atoms with Crippen molar-refractivity contribution in [2.75, 3.05) is 6.61 Å². The third-order valence-electron chi connectivity index (χ3n) is 5.48. The average Bonchev–Trinajstić information content (AvgIpc) is 3.12. The van der Waals surface area contributed by atoms with E-state index in [4.69, 9.17) is 20.8 Å². The van der Waals surface area contributed by atoms with Gasteiger partial charge < -0.3 is 18.8 Å². The number of aromatic nitrogens is 1. The van der Waals surface area contributed by atoms with Gasteiger partial charge >= 0.3 is 11.5 Å². The van der Waals surface area contributed by atoms with Crippen LogP contribution in [0, 0.1) is 0 Å². The van der Waals surface area contributed by atoms with Crippen molar-refractivity contribution in [1.29, 1.82) is 0 Å². The van der Waals surface area contributed by atoms with E-state index in [0.29, 0.717) is 33.8 Å². The highest BCUT2D eigenvalue weighted by molar-refractivity contribution is 9.10. The Bertz CT molecular complexity index is 1710. The van der Waals surface area contributed by atoms with Crippen molar-refractivity contribution >= 4 is 61.0 Å². The molecule has 2 heterocycles. The predicted molar refractivity (Wildman–Crippen MR) is 139 cm³/mol. The van der Waals surface area contributed by atoms with Crippen molar-refractivity contribution in [1.82, 2.24) is 4.57 Å². The number of carbonyl (C=O) groups excluding carboxylic acids is 1. The number of carbonyl (C=O) groups is 1. The molecule has 1 N–H and O–H groups in total. The Morgan fingerprint density at radius 2 is 1.89 bits per heavy atom. The second kappa shape index (κ2) is 9.96. The molecule has 8 nitrogen and oxygen atoms in total. The molecule has 36 heavy (non-hydrogen) atoms. The number of halogens is 2. The maximum absolute atomic E-state index is 12.4. The lowest BCUT2D eigenvalue weighted by Gasteiger charge is -2.08. The Balaban J connectivity index is 1.39. The standard InChI is InChI=1S/C26H17BrClN3O5/c27-17-7-9-21-19(11-17)25(26(34)31(21)13-16-3-1-2-4-20(16)28)30-29-23(32)14-35-18-8-5-15-6-10-24(33)36-22(15)12-18/h1-12,34H,13-14H2. The lowest BCUT2D eigenvalue weighted by molar-refractivity contribution is -0.120. The van der Waals surface area contributed by atoms with Crippen LogP contribution in [0.4, 0.5) is 5.69 Å². The maximum Gasteiger partial charge on any atom is 0.336 e. The molecule has 3 aromatic carbocycles. The SMILES string of the molecule is O=C(COc1ccc2ccc(=O)oc2c1)N=Nc1c(O)n(Cc2ccccc2Cl)c2ccc(Br)cc12. The van der Waals surface area contributed by atoms with E-state index in [2.05, 4.69) is 26.2 Å². The van der Waals surface area contributed by atoms with Crippen LogP contribution in [-0.2, 0) is 11.3 Å². The van der Waals surface area contributed by atoms with Crippen LogP contribution >= 0.6 is 27.5 Å². The number of rotatable bonds is 6. The first-order valence-corrected chi connectivity index (χ1v) is 11.9. The molecule has 0 aliphatic heterocycles. The molecule has 0 fully saturated rings. The quantitative estimate of drug-likeness (QED) is 0.184. The van der Waals surface area contributed by atoms with Gasteiger partial charge in [-0.3, -0.25) is 4.79 Å². The van der Waals surface area contributed by atoms with E-state index in [1.165, 1.54) is 12.1 Å². The van der Waals surface area contributed by atoms with Crippen molar-refractivity contribution < 1.29 is 19.1 Å². The molecule has 2 aromatic heterocycles. The number of hydrogen-bond acceptors (Lipinski definition) is 6. The van der Waals surface area contributed by atoms with E-state index in [1.807, 2.05) is 30.3 Å². The van der Waals surface area contributed by atoms with Crippen LogP contribution in [0.2, 0.25) is 5.02 Å². The Hall–Kier alpha value is -3.95. The van der Waals surface area contributed by atoms with Gasteiger partial charge in [-0.15, -0.1) is 10.2 Å². The summed E-state index contributed by atoms with van der Waals surface area (Å²) >= 11 is 9.75. The summed E-state index contributed by atoms with van der Waals surface area (Å²) in [5.41, 5.74) is 1.53. The molecular weight excluding hydrogens is 550 g/mol. The summed E-state index contributed by atoms with van der Waals surface area (Å²) in [5, 5.41) is 20.7. The minimum Gasteiger partial charge on any atom is -0.493 e. The fourth-order valence-corrected chi connectivity index (χ4v) is 4.32. The summed E-state index contributed by atoms with van der Waals surface area (Å²) in [6.07, 6.45) is 0. The summed E-state index contributed by atoms with van der Waals surface area (Å²) < 4.78 is 13.0. The van der Waals surface area contributed by atoms with E-state index in [0.717, 1.165) is 15.4 Å². The molecule has 0 saturated heterocycles. The summed E-state index contributed by atoms with van der Waals surface area (Å²) in [7, 11) is 0. The van der Waals surface area contributed by atoms with Crippen LogP contribution in [0.5, 0.6) is 11.6 Å². The minimum atomic E-state index is -0.661. The van der Waals surface area contributed by atoms with Crippen LogP contribution < -0.4 is 10.4 Å². The number of ether oxygens (including phenoxy) is 1. The molecule has 0 unspecified atom stereocenters. The topological polar surface area (TPSA) is 106 Å². The summed E-state index contributed by atoms with van der Waals surface area (Å²) in [5.74, 6) is -0.473. The fraction of sp³-hybridized carbons (Fsp3) is 0.0769. The number of azo groups is 1. The second-order valence-corrected chi connectivity index (χ2v) is 9.17. The monoisotopic (exact) mass is 565 g/mol. The van der Waals surface area contributed by atoms with E-state index in [-0.39, 0.29) is 11.6 Å². The number of amides is 1. The number of nitrogens with zero attached hydrogens (tertiary/aromatic N) is 3. The molecule has 0 saturated carbocycles. The molecular formula is C26H17BrClN3O5. The van der Waals surface area contributed by atoms with Crippen LogP contribution in [0.15, 0.2) is 96.7 Å². The molecule has 1 amide bonds. The van der Waals surface area contributed by atoms with Crippen LogP contribution in [0.1, 0.15) is 5.56 Å². The molecule has 5 rings (SSSR count). The third-order valence-corrected chi connectivity index (χ3v) is 6.34. The zero-order chi connectivity index (χ0) is 25.2. The number of hydrogen-bond donors (Lipinski definition) is 1. The van der Waals surface area contributed by atoms with Crippen molar-refractivity contribution in [2.45, 2.75) is 6.54 Å². The van der Waals surface area contributed by atoms with Gasteiger partial charge in [0.15, 0.2) is 12.3 Å². The molecule has 10 heteroatoms. The normalized spacial score (nSPS) is 11.5. The van der Waals surface area contributed by atoms with Crippen LogP contribution in [0.3, 0.4) is 0 Å². The van der Waals surface area contributed by atoms with Gasteiger partial charge in [0.05, 0.1) is 12.1 Å². The molecule has 5 aromatic rings. The summed E-state index contributed by atoms with van der Waals surface area (Å²) in [6.45, 7) is -0.0941. The van der Waals surface area contributed by atoms with E-state index < -0.39 is 18.1 Å². The van der Waals surface area contributed by atoms with Gasteiger partial charge in [0.25, 0.3) is 0 Å². The number of benzene rings is 3. The first-order chi connectivity index (χ1) is 17.4. The maximum atomic E-state index is 12.4. The summed E-state index contributed by atoms with van der Waals surface area (Å²) in [6, 6.07) is 20.6. The lowest BCUT2D eigenvalue weighted by atomic mass is 10.2. The van der Waals surface area contributed by atoms with Gasteiger partial charge in [0, 0.05) is 32.4 Å². The van der Waals surface area contributed by atoms with E-state index in [9.17, 15) is 14.7 Å². The van der Waals surface area contributed by atoms with E-state index in [1.54, 1.807) is 34.9 Å². The molecule has 0 aliphatic carbocycles. The summed E-state index contributed by atoms with van der Waals surface area (Å²) in [4.78, 5) is 23.8. The number of fused-ring (bicyclic) bond motifs is 2. The van der Waals surface area contributed by atoms with Gasteiger partial charge in [-0.2, -0.15) is 0 Å². The van der Waals surface area contributed by atoms with Crippen molar-refractivity contribution in [2.24, 2.45) is 10.2 Å². The average molecular weight is 567 g/mol. The largest absolute Gasteiger partial charge is 0.493 e. The Morgan fingerprint density at radius 3 is 2.72 bits per heavy atom. The Labute approximate surface area is 217 Å². The fourth-order valence-electron chi connectivity index (χ4n) is 3.76. The zero-order valence-corrected chi connectivity index (χ0v) is 20.9. The molecule has 180 valence electrons. The highest BCUT2D eigenvalue weighted by Gasteiger charge is 2.18. The second-order valence-electron chi connectivity index (χ2n) is 7.85. The lowest BCUT2D eigenvalue weighted by Crippen LogP contribution is -2.07. The van der Waals surface area contributed by atoms with Crippen molar-refractivity contribution in [3.63, 3.8) is 0 Å². The van der Waals surface area contributed by atoms with Gasteiger partial charge in [-0.1, -0.05) is 45.7 Å². The van der Waals surface area contributed by atoms with Crippen LogP contribution in [-0.4, -0.2) is 22.2 Å². The minimum absolute atomic E-state index is 0.148. The first-order valence-electron chi connectivity index (χ1n) is 10.7. The molecule has 0 radical (unpaired) electrons. The Kier molecular flexibility index (Phi) is 6.58. The predicted octanol–water partition coefficient (Wildman–Crippen LogP) is 6.61. The van der Waals surface area contributed by atoms with Crippen LogP contribution in [0.25, 0.3) is 21.9 Å². The first kappa shape index (κ1) is 23.8. The highest BCUT2D eigenvalue weighted by atomic mass is 79.9. The number of aromatic hydroxyl groups is 1. The van der Waals surface area contributed by atoms with Crippen molar-refractivity contribution in [3.05, 3.63) is 98.3 Å². The molecule has 0 aliphatic rings. The van der Waals surface area contributed by atoms with Gasteiger partial charge in [-0.25, -0.2) is 4.79 Å². The smallest absolute Gasteiger partial charge is 0.336 e. The van der Waals surface area contributed by atoms with Crippen molar-refractivity contribution in [3.8, 4) is 11.6 Å².